The van der Waals surface area contributed by atoms with E-state index in [1.165, 1.54) is 18.5 Å². The molecule has 0 saturated heterocycles. The zero-order valence-corrected chi connectivity index (χ0v) is 9.27. The van der Waals surface area contributed by atoms with Crippen LogP contribution in [0.4, 0.5) is 0 Å². The van der Waals surface area contributed by atoms with Gasteiger partial charge in [-0.25, -0.2) is 4.98 Å². The standard InChI is InChI=1S/C10H16N2OS/c1-13-6-10-12-9(7-14-10)4-5-11-8-2-3-8/h7-8,11H,2-6H2,1H3. The fraction of sp³-hybridized carbons (Fsp3) is 0.700. The van der Waals surface area contributed by atoms with Gasteiger partial charge in [-0.2, -0.15) is 0 Å². The van der Waals surface area contributed by atoms with Crippen molar-refractivity contribution in [3.8, 4) is 0 Å². The molecule has 0 aromatic carbocycles. The number of nitrogens with one attached hydrogen (secondary N) is 1. The Hall–Kier alpha value is -0.450. The minimum Gasteiger partial charge on any atom is -0.378 e. The number of methoxy groups -OCH3 is 1. The van der Waals surface area contributed by atoms with Crippen LogP contribution in [0.5, 0.6) is 0 Å². The third-order valence-corrected chi connectivity index (χ3v) is 3.13. The van der Waals surface area contributed by atoms with E-state index in [0.717, 1.165) is 24.0 Å². The average molecular weight is 212 g/mol. The van der Waals surface area contributed by atoms with E-state index < -0.39 is 0 Å². The van der Waals surface area contributed by atoms with Crippen LogP contribution >= 0.6 is 11.3 Å². The molecule has 0 amide bonds. The second-order valence-electron chi connectivity index (χ2n) is 3.64. The molecule has 1 heterocycles. The Balaban J connectivity index is 1.71. The number of hydrogen-bond donors (Lipinski definition) is 1. The van der Waals surface area contributed by atoms with Gasteiger partial charge >= 0.3 is 0 Å². The maximum Gasteiger partial charge on any atom is 0.119 e. The topological polar surface area (TPSA) is 34.1 Å². The van der Waals surface area contributed by atoms with Crippen LogP contribution in [0, 0.1) is 0 Å². The van der Waals surface area contributed by atoms with E-state index in [4.69, 9.17) is 4.74 Å². The molecule has 1 aliphatic rings. The highest BCUT2D eigenvalue weighted by Crippen LogP contribution is 2.18. The fourth-order valence-corrected chi connectivity index (χ4v) is 2.14. The first-order valence-electron chi connectivity index (χ1n) is 5.04. The van der Waals surface area contributed by atoms with E-state index in [0.29, 0.717) is 6.61 Å². The number of ether oxygens (including phenoxy) is 1. The summed E-state index contributed by atoms with van der Waals surface area (Å²) in [4.78, 5) is 4.47. The van der Waals surface area contributed by atoms with Crippen molar-refractivity contribution in [3.05, 3.63) is 16.1 Å². The fourth-order valence-electron chi connectivity index (χ4n) is 1.35. The SMILES string of the molecule is COCc1nc(CCNC2CC2)cs1. The van der Waals surface area contributed by atoms with Gasteiger partial charge in [-0.15, -0.1) is 11.3 Å². The molecular weight excluding hydrogens is 196 g/mol. The monoisotopic (exact) mass is 212 g/mol. The lowest BCUT2D eigenvalue weighted by Gasteiger charge is -1.98. The van der Waals surface area contributed by atoms with Crippen molar-refractivity contribution in [1.82, 2.24) is 10.3 Å². The minimum absolute atomic E-state index is 0.640. The zero-order chi connectivity index (χ0) is 9.80. The van der Waals surface area contributed by atoms with Crippen molar-refractivity contribution >= 4 is 11.3 Å². The Morgan fingerprint density at radius 1 is 1.64 bits per heavy atom. The van der Waals surface area contributed by atoms with Gasteiger partial charge < -0.3 is 10.1 Å². The molecule has 1 aromatic heterocycles. The molecule has 0 unspecified atom stereocenters. The number of hydrogen-bond acceptors (Lipinski definition) is 4. The van der Waals surface area contributed by atoms with Gasteiger partial charge in [-0.3, -0.25) is 0 Å². The van der Waals surface area contributed by atoms with Crippen LogP contribution in [-0.4, -0.2) is 24.7 Å². The van der Waals surface area contributed by atoms with Gasteiger partial charge in [0.05, 0.1) is 12.3 Å². The van der Waals surface area contributed by atoms with Crippen LogP contribution in [0.25, 0.3) is 0 Å². The molecule has 0 aliphatic heterocycles. The summed E-state index contributed by atoms with van der Waals surface area (Å²) in [5.74, 6) is 0. The van der Waals surface area contributed by atoms with Crippen LogP contribution in [0.2, 0.25) is 0 Å². The zero-order valence-electron chi connectivity index (χ0n) is 8.45. The quantitative estimate of drug-likeness (QED) is 0.777. The molecular formula is C10H16N2OS. The van der Waals surface area contributed by atoms with Crippen LogP contribution in [0.3, 0.4) is 0 Å². The summed E-state index contributed by atoms with van der Waals surface area (Å²) < 4.78 is 5.03. The molecule has 78 valence electrons. The summed E-state index contributed by atoms with van der Waals surface area (Å²) in [6, 6.07) is 0.798. The van der Waals surface area contributed by atoms with Crippen molar-refractivity contribution in [2.24, 2.45) is 0 Å². The van der Waals surface area contributed by atoms with Gasteiger partial charge in [-0.05, 0) is 12.8 Å². The highest BCUT2D eigenvalue weighted by molar-refractivity contribution is 7.09. The van der Waals surface area contributed by atoms with E-state index in [9.17, 15) is 0 Å². The van der Waals surface area contributed by atoms with Crippen LogP contribution in [0.15, 0.2) is 5.38 Å². The molecule has 0 atom stereocenters. The molecule has 2 rings (SSSR count). The van der Waals surface area contributed by atoms with Crippen molar-refractivity contribution in [1.29, 1.82) is 0 Å². The average Bonchev–Trinajstić information content (AvgIpc) is 2.88. The largest absolute Gasteiger partial charge is 0.378 e. The first-order valence-corrected chi connectivity index (χ1v) is 5.92. The third-order valence-electron chi connectivity index (χ3n) is 2.26. The molecule has 1 fully saturated rings. The smallest absolute Gasteiger partial charge is 0.119 e. The Bertz CT molecular complexity index is 283. The van der Waals surface area contributed by atoms with E-state index in [-0.39, 0.29) is 0 Å². The van der Waals surface area contributed by atoms with Crippen LogP contribution in [0.1, 0.15) is 23.5 Å². The van der Waals surface area contributed by atoms with Gasteiger partial charge in [-0.1, -0.05) is 0 Å². The first kappa shape index (κ1) is 10.1. The molecule has 0 spiro atoms. The van der Waals surface area contributed by atoms with Gasteiger partial charge in [0.25, 0.3) is 0 Å². The molecule has 1 saturated carbocycles. The summed E-state index contributed by atoms with van der Waals surface area (Å²) >= 11 is 1.68. The Labute approximate surface area is 88.5 Å². The molecule has 3 nitrogen and oxygen atoms in total. The van der Waals surface area contributed by atoms with E-state index in [1.807, 2.05) is 0 Å². The second kappa shape index (κ2) is 4.87. The number of rotatable bonds is 6. The Kier molecular flexibility index (Phi) is 3.50. The second-order valence-corrected chi connectivity index (χ2v) is 4.59. The highest BCUT2D eigenvalue weighted by Gasteiger charge is 2.19. The number of thiazole rings is 1. The predicted molar refractivity (Wildman–Crippen MR) is 57.6 cm³/mol. The summed E-state index contributed by atoms with van der Waals surface area (Å²) in [6.45, 7) is 1.70. The summed E-state index contributed by atoms with van der Waals surface area (Å²) in [6.07, 6.45) is 3.74. The first-order chi connectivity index (χ1) is 6.88. The Morgan fingerprint density at radius 2 is 2.50 bits per heavy atom. The lowest BCUT2D eigenvalue weighted by atomic mass is 10.3. The molecule has 0 radical (unpaired) electrons. The summed E-state index contributed by atoms with van der Waals surface area (Å²) in [5.41, 5.74) is 1.19. The maximum absolute atomic E-state index is 5.03. The predicted octanol–water partition coefficient (Wildman–Crippen LogP) is 1.58. The van der Waals surface area contributed by atoms with Crippen LogP contribution in [-0.2, 0) is 17.8 Å². The Morgan fingerprint density at radius 3 is 3.21 bits per heavy atom. The van der Waals surface area contributed by atoms with E-state index in [2.05, 4.69) is 15.7 Å². The lowest BCUT2D eigenvalue weighted by Crippen LogP contribution is -2.19. The van der Waals surface area contributed by atoms with Crippen molar-refractivity contribution < 1.29 is 4.74 Å². The lowest BCUT2D eigenvalue weighted by molar-refractivity contribution is 0.184. The van der Waals surface area contributed by atoms with Gasteiger partial charge in [0.1, 0.15) is 5.01 Å². The third kappa shape index (κ3) is 3.04. The van der Waals surface area contributed by atoms with Gasteiger partial charge in [0, 0.05) is 31.5 Å². The molecule has 1 aliphatic carbocycles. The number of nitrogens with zero attached hydrogens (tertiary/aromatic N) is 1. The summed E-state index contributed by atoms with van der Waals surface area (Å²) in [5, 5.41) is 6.69. The molecule has 0 bridgehead atoms. The molecule has 1 aromatic rings. The van der Waals surface area contributed by atoms with Crippen molar-refractivity contribution in [2.45, 2.75) is 31.9 Å². The van der Waals surface area contributed by atoms with Crippen LogP contribution < -0.4 is 5.32 Å². The van der Waals surface area contributed by atoms with E-state index >= 15 is 0 Å². The summed E-state index contributed by atoms with van der Waals surface area (Å²) in [7, 11) is 1.70. The van der Waals surface area contributed by atoms with Gasteiger partial charge in [0.2, 0.25) is 0 Å². The molecule has 1 N–H and O–H groups in total. The highest BCUT2D eigenvalue weighted by atomic mass is 32.1. The number of aromatic nitrogens is 1. The van der Waals surface area contributed by atoms with Gasteiger partial charge in [0.15, 0.2) is 0 Å². The minimum atomic E-state index is 0.640. The van der Waals surface area contributed by atoms with Crippen molar-refractivity contribution in [2.75, 3.05) is 13.7 Å². The normalized spacial score (nSPS) is 16.1. The molecule has 14 heavy (non-hydrogen) atoms. The van der Waals surface area contributed by atoms with E-state index in [1.54, 1.807) is 18.4 Å². The van der Waals surface area contributed by atoms with Crippen molar-refractivity contribution in [3.63, 3.8) is 0 Å². The molecule has 4 heteroatoms. The maximum atomic E-state index is 5.03.